The fourth-order valence-electron chi connectivity index (χ4n) is 3.34. The Morgan fingerprint density at radius 1 is 0.727 bits per heavy atom. The van der Waals surface area contributed by atoms with Crippen LogP contribution in [0.2, 0.25) is 0 Å². The Kier molecular flexibility index (Phi) is 7.46. The molecule has 5 heteroatoms. The summed E-state index contributed by atoms with van der Waals surface area (Å²) in [4.78, 5) is 4.85. The third kappa shape index (κ3) is 6.28. The van der Waals surface area contributed by atoms with Crippen molar-refractivity contribution in [3.8, 4) is 0 Å². The van der Waals surface area contributed by atoms with Crippen molar-refractivity contribution in [3.63, 3.8) is 0 Å². The van der Waals surface area contributed by atoms with Crippen LogP contribution >= 0.6 is 12.2 Å². The van der Waals surface area contributed by atoms with E-state index in [0.717, 1.165) is 28.3 Å². The van der Waals surface area contributed by atoms with Gasteiger partial charge in [0.1, 0.15) is 5.84 Å². The molecule has 4 aromatic rings. The first-order valence-corrected chi connectivity index (χ1v) is 11.2. The van der Waals surface area contributed by atoms with Crippen LogP contribution in [0.5, 0.6) is 0 Å². The third-order valence-corrected chi connectivity index (χ3v) is 5.25. The Bertz CT molecular complexity index is 1150. The number of para-hydroxylation sites is 2. The van der Waals surface area contributed by atoms with E-state index in [1.54, 1.807) is 0 Å². The van der Waals surface area contributed by atoms with E-state index in [0.29, 0.717) is 11.7 Å². The summed E-state index contributed by atoms with van der Waals surface area (Å²) < 4.78 is 0. The largest absolute Gasteiger partial charge is 0.316 e. The van der Waals surface area contributed by atoms with Crippen molar-refractivity contribution in [3.05, 3.63) is 132 Å². The van der Waals surface area contributed by atoms with E-state index in [1.165, 1.54) is 5.56 Å². The summed E-state index contributed by atoms with van der Waals surface area (Å²) >= 11 is 5.72. The van der Waals surface area contributed by atoms with Crippen LogP contribution in [0.25, 0.3) is 0 Å². The molecule has 2 N–H and O–H groups in total. The van der Waals surface area contributed by atoms with E-state index in [2.05, 4.69) is 54.1 Å². The van der Waals surface area contributed by atoms with Gasteiger partial charge in [0.2, 0.25) is 0 Å². The lowest BCUT2D eigenvalue weighted by atomic mass is 10.1. The molecule has 0 unspecified atom stereocenters. The molecule has 0 spiro atoms. The van der Waals surface area contributed by atoms with E-state index in [1.807, 2.05) is 83.9 Å². The molecule has 0 aromatic heterocycles. The van der Waals surface area contributed by atoms with Crippen molar-refractivity contribution in [2.24, 2.45) is 4.99 Å². The van der Waals surface area contributed by atoms with Gasteiger partial charge in [0.25, 0.3) is 0 Å². The summed E-state index contributed by atoms with van der Waals surface area (Å²) in [5.74, 6) is 0.720. The highest BCUT2D eigenvalue weighted by molar-refractivity contribution is 7.80. The van der Waals surface area contributed by atoms with Crippen LogP contribution in [-0.2, 0) is 6.54 Å². The summed E-state index contributed by atoms with van der Waals surface area (Å²) in [5.41, 5.74) is 8.60. The molecule has 0 atom stereocenters. The summed E-state index contributed by atoms with van der Waals surface area (Å²) in [6.45, 7) is 2.63. The van der Waals surface area contributed by atoms with Crippen molar-refractivity contribution in [2.45, 2.75) is 13.5 Å². The van der Waals surface area contributed by atoms with Crippen molar-refractivity contribution in [1.29, 1.82) is 0 Å². The average molecular weight is 451 g/mol. The Morgan fingerprint density at radius 3 is 1.79 bits per heavy atom. The lowest BCUT2D eigenvalue weighted by Gasteiger charge is -2.27. The number of hydrogen-bond donors (Lipinski definition) is 2. The fourth-order valence-corrected chi connectivity index (χ4v) is 3.53. The predicted molar refractivity (Wildman–Crippen MR) is 142 cm³/mol. The van der Waals surface area contributed by atoms with Gasteiger partial charge < -0.3 is 5.32 Å². The van der Waals surface area contributed by atoms with Gasteiger partial charge in [-0.25, -0.2) is 0 Å². The number of aliphatic imine (C=N–C) groups is 1. The fraction of sp³-hybridized carbons (Fsp3) is 0.0714. The van der Waals surface area contributed by atoms with Crippen molar-refractivity contribution < 1.29 is 0 Å². The Morgan fingerprint density at radius 2 is 1.24 bits per heavy atom. The standard InChI is InChI=1S/C28H26N4S/c1-22-17-19-24(20-18-22)27(29-21-23-11-5-2-6-12-23)30-28(33)31-32(25-13-7-3-8-14-25)26-15-9-4-10-16-26/h2-20H,21H2,1H3,(H2,29,30,31,33). The first-order chi connectivity index (χ1) is 16.2. The monoisotopic (exact) mass is 450 g/mol. The first-order valence-electron chi connectivity index (χ1n) is 10.8. The topological polar surface area (TPSA) is 39.7 Å². The average Bonchev–Trinajstić information content (AvgIpc) is 2.87. The number of amidine groups is 1. The number of nitrogens with zero attached hydrogens (tertiary/aromatic N) is 2. The molecule has 0 saturated carbocycles. The number of rotatable bonds is 6. The second kappa shape index (κ2) is 11.1. The highest BCUT2D eigenvalue weighted by Crippen LogP contribution is 2.22. The minimum Gasteiger partial charge on any atom is -0.316 e. The predicted octanol–water partition coefficient (Wildman–Crippen LogP) is 6.16. The number of hydrogen-bond acceptors (Lipinski definition) is 3. The number of nitrogens with one attached hydrogen (secondary N) is 2. The molecule has 0 aliphatic carbocycles. The van der Waals surface area contributed by atoms with E-state index in [9.17, 15) is 0 Å². The van der Waals surface area contributed by atoms with Gasteiger partial charge in [-0.3, -0.25) is 15.4 Å². The molecule has 0 radical (unpaired) electrons. The SMILES string of the molecule is Cc1ccc(/C(=N/Cc2ccccc2)NC(=S)NN(c2ccccc2)c2ccccc2)cc1. The van der Waals surface area contributed by atoms with Crippen LogP contribution in [0.3, 0.4) is 0 Å². The van der Waals surface area contributed by atoms with Gasteiger partial charge in [0.15, 0.2) is 5.11 Å². The molecule has 0 heterocycles. The minimum atomic E-state index is 0.454. The molecule has 0 saturated heterocycles. The molecule has 0 aliphatic rings. The first kappa shape index (κ1) is 22.2. The highest BCUT2D eigenvalue weighted by atomic mass is 32.1. The van der Waals surface area contributed by atoms with Crippen molar-refractivity contribution in [1.82, 2.24) is 10.7 Å². The maximum atomic E-state index is 5.72. The van der Waals surface area contributed by atoms with Gasteiger partial charge in [0, 0.05) is 5.56 Å². The van der Waals surface area contributed by atoms with Crippen LogP contribution in [0, 0.1) is 6.92 Å². The highest BCUT2D eigenvalue weighted by Gasteiger charge is 2.12. The lowest BCUT2D eigenvalue weighted by molar-refractivity contribution is 0.920. The molecule has 4 aromatic carbocycles. The van der Waals surface area contributed by atoms with E-state index >= 15 is 0 Å². The maximum Gasteiger partial charge on any atom is 0.191 e. The van der Waals surface area contributed by atoms with Crippen molar-refractivity contribution >= 4 is 34.5 Å². The second-order valence-electron chi connectivity index (χ2n) is 7.59. The smallest absolute Gasteiger partial charge is 0.191 e. The van der Waals surface area contributed by atoms with E-state index < -0.39 is 0 Å². The number of hydrazine groups is 1. The van der Waals surface area contributed by atoms with Gasteiger partial charge >= 0.3 is 0 Å². The molecule has 4 nitrogen and oxygen atoms in total. The zero-order valence-corrected chi connectivity index (χ0v) is 19.3. The van der Waals surface area contributed by atoms with Crippen molar-refractivity contribution in [2.75, 3.05) is 5.01 Å². The molecule has 4 rings (SSSR count). The van der Waals surface area contributed by atoms with Crippen LogP contribution in [0.4, 0.5) is 11.4 Å². The molecule has 164 valence electrons. The van der Waals surface area contributed by atoms with E-state index in [-0.39, 0.29) is 0 Å². The van der Waals surface area contributed by atoms with Gasteiger partial charge in [-0.15, -0.1) is 0 Å². The number of aryl methyl sites for hydroxylation is 1. The quantitative estimate of drug-likeness (QED) is 0.160. The number of anilines is 2. The van der Waals surface area contributed by atoms with Gasteiger partial charge in [-0.1, -0.05) is 96.6 Å². The van der Waals surface area contributed by atoms with Crippen LogP contribution in [0.15, 0.2) is 120 Å². The summed E-state index contributed by atoms with van der Waals surface area (Å²) in [6.07, 6.45) is 0. The Labute approximate surface area is 200 Å². The molecule has 0 amide bonds. The lowest BCUT2D eigenvalue weighted by Crippen LogP contribution is -2.47. The summed E-state index contributed by atoms with van der Waals surface area (Å²) in [6, 6.07) is 38.6. The number of thiocarbonyl (C=S) groups is 1. The number of benzene rings is 4. The summed E-state index contributed by atoms with van der Waals surface area (Å²) in [5, 5.41) is 5.73. The molecular weight excluding hydrogens is 424 g/mol. The minimum absolute atomic E-state index is 0.454. The molecular formula is C28H26N4S. The van der Waals surface area contributed by atoms with Crippen LogP contribution in [0.1, 0.15) is 16.7 Å². The Hall–Kier alpha value is -3.96. The zero-order valence-electron chi connectivity index (χ0n) is 18.5. The third-order valence-electron chi connectivity index (χ3n) is 5.06. The summed E-state index contributed by atoms with van der Waals surface area (Å²) in [7, 11) is 0. The van der Waals surface area contributed by atoms with Crippen LogP contribution < -0.4 is 15.8 Å². The normalized spacial score (nSPS) is 11.0. The van der Waals surface area contributed by atoms with Gasteiger partial charge in [-0.05, 0) is 49.0 Å². The second-order valence-corrected chi connectivity index (χ2v) is 8.00. The molecule has 0 aliphatic heterocycles. The van der Waals surface area contributed by atoms with Gasteiger partial charge in [0.05, 0.1) is 17.9 Å². The Balaban J connectivity index is 1.58. The molecule has 33 heavy (non-hydrogen) atoms. The molecule has 0 bridgehead atoms. The van der Waals surface area contributed by atoms with Gasteiger partial charge in [-0.2, -0.15) is 0 Å². The zero-order chi connectivity index (χ0) is 22.9. The maximum absolute atomic E-state index is 5.72. The van der Waals surface area contributed by atoms with Crippen LogP contribution in [-0.4, -0.2) is 10.9 Å². The van der Waals surface area contributed by atoms with E-state index in [4.69, 9.17) is 17.2 Å². The molecule has 0 fully saturated rings.